The van der Waals surface area contributed by atoms with E-state index < -0.39 is 0 Å². The third-order valence-electron chi connectivity index (χ3n) is 4.22. The van der Waals surface area contributed by atoms with Crippen LogP contribution in [0.15, 0.2) is 24.4 Å². The first-order valence-corrected chi connectivity index (χ1v) is 9.21. The van der Waals surface area contributed by atoms with Crippen molar-refractivity contribution in [1.29, 1.82) is 0 Å². The largest absolute Gasteiger partial charge is 0.424 e. The second kappa shape index (κ2) is 9.48. The van der Waals surface area contributed by atoms with E-state index in [0.717, 1.165) is 43.4 Å². The van der Waals surface area contributed by atoms with E-state index in [4.69, 9.17) is 4.74 Å². The zero-order valence-electron chi connectivity index (χ0n) is 15.2. The molecule has 0 amide bonds. The molecule has 4 heteroatoms. The van der Waals surface area contributed by atoms with Gasteiger partial charge in [-0.25, -0.2) is 0 Å². The Morgan fingerprint density at radius 3 is 2.50 bits per heavy atom. The first kappa shape index (κ1) is 18.5. The van der Waals surface area contributed by atoms with E-state index in [0.29, 0.717) is 12.2 Å². The molecule has 0 unspecified atom stereocenters. The summed E-state index contributed by atoms with van der Waals surface area (Å²) in [5, 5.41) is 1.16. The number of nitrogens with one attached hydrogen (secondary N) is 1. The van der Waals surface area contributed by atoms with Crippen molar-refractivity contribution >= 4 is 16.9 Å². The normalized spacial score (nSPS) is 11.3. The molecule has 0 radical (unpaired) electrons. The molecular formula is C20H30N2O2. The maximum atomic E-state index is 11.8. The lowest BCUT2D eigenvalue weighted by Gasteiger charge is -2.20. The van der Waals surface area contributed by atoms with Crippen LogP contribution < -0.4 is 4.74 Å². The van der Waals surface area contributed by atoms with Crippen molar-refractivity contribution in [3.05, 3.63) is 30.0 Å². The summed E-state index contributed by atoms with van der Waals surface area (Å²) in [7, 11) is 0. The Labute approximate surface area is 145 Å². The van der Waals surface area contributed by atoms with Gasteiger partial charge < -0.3 is 14.6 Å². The van der Waals surface area contributed by atoms with Gasteiger partial charge in [0.05, 0.1) is 5.52 Å². The summed E-state index contributed by atoms with van der Waals surface area (Å²) in [5.74, 6) is 0.467. The number of para-hydroxylation sites is 1. The van der Waals surface area contributed by atoms with Crippen molar-refractivity contribution in [2.75, 3.05) is 19.6 Å². The van der Waals surface area contributed by atoms with Crippen LogP contribution in [-0.4, -0.2) is 35.5 Å². The van der Waals surface area contributed by atoms with E-state index in [1.54, 1.807) is 0 Å². The standard InChI is InChI=1S/C20H30N2O2/c1-4-8-19(23)24-18-10-7-9-17-16(15-21-20(17)18)11-14-22(12-5-2)13-6-3/h7,9-10,15,21H,4-6,8,11-14H2,1-3H3. The maximum absolute atomic E-state index is 11.8. The Bertz CT molecular complexity index is 642. The van der Waals surface area contributed by atoms with Crippen LogP contribution in [0.3, 0.4) is 0 Å². The quantitative estimate of drug-likeness (QED) is 0.514. The van der Waals surface area contributed by atoms with E-state index >= 15 is 0 Å². The summed E-state index contributed by atoms with van der Waals surface area (Å²) in [4.78, 5) is 17.6. The first-order valence-electron chi connectivity index (χ1n) is 9.21. The van der Waals surface area contributed by atoms with Gasteiger partial charge in [-0.2, -0.15) is 0 Å². The SMILES string of the molecule is CCCC(=O)Oc1cccc2c(CCN(CCC)CCC)c[nH]c12. The van der Waals surface area contributed by atoms with Gasteiger partial charge in [0.2, 0.25) is 0 Å². The Morgan fingerprint density at radius 1 is 1.08 bits per heavy atom. The second-order valence-electron chi connectivity index (χ2n) is 6.31. The number of ether oxygens (including phenoxy) is 1. The number of nitrogens with zero attached hydrogens (tertiary/aromatic N) is 1. The zero-order chi connectivity index (χ0) is 17.4. The predicted octanol–water partition coefficient (Wildman–Crippen LogP) is 4.54. The molecule has 4 nitrogen and oxygen atoms in total. The molecule has 1 aromatic heterocycles. The number of benzene rings is 1. The van der Waals surface area contributed by atoms with Gasteiger partial charge in [-0.05, 0) is 50.4 Å². The van der Waals surface area contributed by atoms with Crippen molar-refractivity contribution in [3.8, 4) is 5.75 Å². The molecular weight excluding hydrogens is 300 g/mol. The highest BCUT2D eigenvalue weighted by molar-refractivity contribution is 5.90. The van der Waals surface area contributed by atoms with Crippen molar-refractivity contribution in [2.45, 2.75) is 52.9 Å². The summed E-state index contributed by atoms with van der Waals surface area (Å²) in [5.41, 5.74) is 2.21. The Balaban J connectivity index is 2.11. The van der Waals surface area contributed by atoms with Crippen LogP contribution in [0.1, 0.15) is 52.0 Å². The molecule has 132 valence electrons. The van der Waals surface area contributed by atoms with Crippen LogP contribution in [0.25, 0.3) is 10.9 Å². The fraction of sp³-hybridized carbons (Fsp3) is 0.550. The lowest BCUT2D eigenvalue weighted by atomic mass is 10.1. The molecule has 2 rings (SSSR count). The van der Waals surface area contributed by atoms with Crippen LogP contribution >= 0.6 is 0 Å². The van der Waals surface area contributed by atoms with E-state index in [1.165, 1.54) is 18.4 Å². The lowest BCUT2D eigenvalue weighted by Crippen LogP contribution is -2.27. The van der Waals surface area contributed by atoms with Gasteiger partial charge in [-0.3, -0.25) is 4.79 Å². The fourth-order valence-electron chi connectivity index (χ4n) is 3.10. The van der Waals surface area contributed by atoms with Gasteiger partial charge in [-0.15, -0.1) is 0 Å². The predicted molar refractivity (Wildman–Crippen MR) is 99.6 cm³/mol. The number of fused-ring (bicyclic) bond motifs is 1. The van der Waals surface area contributed by atoms with Gasteiger partial charge in [0.1, 0.15) is 0 Å². The number of H-pyrrole nitrogens is 1. The van der Waals surface area contributed by atoms with Gasteiger partial charge >= 0.3 is 5.97 Å². The summed E-state index contributed by atoms with van der Waals surface area (Å²) in [6, 6.07) is 5.92. The van der Waals surface area contributed by atoms with Crippen molar-refractivity contribution in [2.24, 2.45) is 0 Å². The molecule has 2 aromatic rings. The molecule has 0 fully saturated rings. The van der Waals surface area contributed by atoms with E-state index in [1.807, 2.05) is 19.1 Å². The molecule has 0 saturated carbocycles. The summed E-state index contributed by atoms with van der Waals surface area (Å²) >= 11 is 0. The summed E-state index contributed by atoms with van der Waals surface area (Å²) < 4.78 is 5.50. The lowest BCUT2D eigenvalue weighted by molar-refractivity contribution is -0.134. The van der Waals surface area contributed by atoms with Gasteiger partial charge in [-0.1, -0.05) is 32.9 Å². The summed E-state index contributed by atoms with van der Waals surface area (Å²) in [6.07, 6.45) is 6.68. The number of rotatable bonds is 10. The van der Waals surface area contributed by atoms with Crippen molar-refractivity contribution in [1.82, 2.24) is 9.88 Å². The highest BCUT2D eigenvalue weighted by atomic mass is 16.5. The number of carbonyl (C=O) groups is 1. The minimum Gasteiger partial charge on any atom is -0.424 e. The van der Waals surface area contributed by atoms with E-state index in [9.17, 15) is 4.79 Å². The second-order valence-corrected chi connectivity index (χ2v) is 6.31. The highest BCUT2D eigenvalue weighted by Gasteiger charge is 2.12. The number of carbonyl (C=O) groups excluding carboxylic acids is 1. The summed E-state index contributed by atoms with van der Waals surface area (Å²) in [6.45, 7) is 9.80. The minimum absolute atomic E-state index is 0.168. The van der Waals surface area contributed by atoms with Crippen LogP contribution in [0.2, 0.25) is 0 Å². The molecule has 0 bridgehead atoms. The number of hydrogen-bond acceptors (Lipinski definition) is 3. The number of hydrogen-bond donors (Lipinski definition) is 1. The van der Waals surface area contributed by atoms with Crippen LogP contribution in [-0.2, 0) is 11.2 Å². The molecule has 0 aliphatic rings. The molecule has 24 heavy (non-hydrogen) atoms. The molecule has 0 spiro atoms. The van der Waals surface area contributed by atoms with E-state index in [-0.39, 0.29) is 5.97 Å². The van der Waals surface area contributed by atoms with Crippen molar-refractivity contribution in [3.63, 3.8) is 0 Å². The monoisotopic (exact) mass is 330 g/mol. The third-order valence-corrected chi connectivity index (χ3v) is 4.22. The zero-order valence-corrected chi connectivity index (χ0v) is 15.2. The number of aromatic amines is 1. The average molecular weight is 330 g/mol. The van der Waals surface area contributed by atoms with Gasteiger partial charge in [0, 0.05) is 24.5 Å². The fourth-order valence-corrected chi connectivity index (χ4v) is 3.10. The Hall–Kier alpha value is -1.81. The van der Waals surface area contributed by atoms with Crippen molar-refractivity contribution < 1.29 is 9.53 Å². The molecule has 1 aromatic carbocycles. The van der Waals surface area contributed by atoms with Crippen LogP contribution in [0.4, 0.5) is 0 Å². The minimum atomic E-state index is -0.168. The molecule has 0 aliphatic heterocycles. The third kappa shape index (κ3) is 4.84. The van der Waals surface area contributed by atoms with E-state index in [2.05, 4.69) is 36.0 Å². The number of aromatic nitrogens is 1. The Morgan fingerprint density at radius 2 is 1.83 bits per heavy atom. The molecule has 0 aliphatic carbocycles. The Kier molecular flexibility index (Phi) is 7.32. The molecule has 0 saturated heterocycles. The van der Waals surface area contributed by atoms with Crippen LogP contribution in [0, 0.1) is 0 Å². The maximum Gasteiger partial charge on any atom is 0.311 e. The molecule has 1 N–H and O–H groups in total. The van der Waals surface area contributed by atoms with Crippen LogP contribution in [0.5, 0.6) is 5.75 Å². The smallest absolute Gasteiger partial charge is 0.311 e. The topological polar surface area (TPSA) is 45.3 Å². The average Bonchev–Trinajstić information content (AvgIpc) is 2.97. The van der Waals surface area contributed by atoms with Gasteiger partial charge in [0.15, 0.2) is 5.75 Å². The molecule has 0 atom stereocenters. The van der Waals surface area contributed by atoms with Gasteiger partial charge in [0.25, 0.3) is 0 Å². The number of esters is 1. The molecule has 1 heterocycles. The first-order chi connectivity index (χ1) is 11.7. The highest BCUT2D eigenvalue weighted by Crippen LogP contribution is 2.28.